The quantitative estimate of drug-likeness (QED) is 0.607. The lowest BCUT2D eigenvalue weighted by atomic mass is 10.1. The number of ether oxygens (including phenoxy) is 1. The topological polar surface area (TPSA) is 99.6 Å². The molecule has 2 amide bonds. The number of morpholine rings is 1. The van der Waals surface area contributed by atoms with Crippen LogP contribution in [-0.2, 0) is 20.7 Å². The van der Waals surface area contributed by atoms with Gasteiger partial charge in [-0.3, -0.25) is 0 Å². The summed E-state index contributed by atoms with van der Waals surface area (Å²) in [5, 5.41) is 5.50. The molecule has 30 heavy (non-hydrogen) atoms. The molecule has 0 bridgehead atoms. The number of aromatic nitrogens is 2. The highest BCUT2D eigenvalue weighted by atomic mass is 32.2. The predicted octanol–water partition coefficient (Wildman–Crippen LogP) is 3.08. The summed E-state index contributed by atoms with van der Waals surface area (Å²) in [6.45, 7) is 9.27. The van der Waals surface area contributed by atoms with Gasteiger partial charge in [-0.15, -0.1) is 0 Å². The normalized spacial score (nSPS) is 15.6. The minimum Gasteiger partial charge on any atom is -0.378 e. The van der Waals surface area contributed by atoms with Crippen LogP contribution in [0, 0.1) is 0 Å². The summed E-state index contributed by atoms with van der Waals surface area (Å²) in [4.78, 5) is 23.5. The van der Waals surface area contributed by atoms with Crippen molar-refractivity contribution in [3.63, 3.8) is 0 Å². The summed E-state index contributed by atoms with van der Waals surface area (Å²) in [5.74, 6) is 1.43. The Morgan fingerprint density at radius 1 is 1.23 bits per heavy atom. The Morgan fingerprint density at radius 2 is 1.90 bits per heavy atom. The molecule has 1 unspecified atom stereocenters. The van der Waals surface area contributed by atoms with Crippen LogP contribution >= 0.6 is 0 Å². The number of amides is 2. The van der Waals surface area contributed by atoms with E-state index in [0.717, 1.165) is 30.2 Å². The number of carbonyl (C=O) groups excluding carboxylic acids is 1. The van der Waals surface area contributed by atoms with Gasteiger partial charge in [-0.25, -0.2) is 14.8 Å². The molecule has 2 aromatic rings. The number of rotatable bonds is 6. The van der Waals surface area contributed by atoms with Crippen molar-refractivity contribution in [1.29, 1.82) is 0 Å². The molecule has 8 nitrogen and oxygen atoms in total. The first-order valence-corrected chi connectivity index (χ1v) is 11.6. The van der Waals surface area contributed by atoms with Crippen LogP contribution in [0.1, 0.15) is 26.5 Å². The molecule has 0 radical (unpaired) electrons. The van der Waals surface area contributed by atoms with Crippen LogP contribution in [-0.4, -0.2) is 59.7 Å². The lowest BCUT2D eigenvalue weighted by Crippen LogP contribution is -2.37. The van der Waals surface area contributed by atoms with E-state index in [-0.39, 0.29) is 6.03 Å². The first-order valence-electron chi connectivity index (χ1n) is 10.0. The molecule has 9 heteroatoms. The summed E-state index contributed by atoms with van der Waals surface area (Å²) < 4.78 is 15.3. The molecule has 1 saturated heterocycles. The SMILES string of the molecule is CCNC(=O)Nc1ccc(-c2nc(N3CCOCC3)cc(C(C)(C)[S+](C)O)n2)cc1. The Bertz CT molecular complexity index is 867. The second-order valence-electron chi connectivity index (χ2n) is 7.58. The maximum atomic E-state index is 11.7. The molecule has 1 fully saturated rings. The zero-order chi connectivity index (χ0) is 21.7. The van der Waals surface area contributed by atoms with Crippen molar-refractivity contribution in [3.8, 4) is 11.4 Å². The number of urea groups is 1. The molecular formula is C21H30N5O3S+. The van der Waals surface area contributed by atoms with Gasteiger partial charge in [-0.2, -0.15) is 4.55 Å². The third-order valence-electron chi connectivity index (χ3n) is 5.14. The van der Waals surface area contributed by atoms with Gasteiger partial charge in [0.2, 0.25) is 0 Å². The van der Waals surface area contributed by atoms with E-state index in [2.05, 4.69) is 15.5 Å². The van der Waals surface area contributed by atoms with Gasteiger partial charge in [0.15, 0.2) is 21.7 Å². The summed E-state index contributed by atoms with van der Waals surface area (Å²) in [6.07, 6.45) is 1.80. The van der Waals surface area contributed by atoms with Crippen molar-refractivity contribution in [1.82, 2.24) is 15.3 Å². The summed E-state index contributed by atoms with van der Waals surface area (Å²) in [7, 11) is 0. The lowest BCUT2D eigenvalue weighted by molar-refractivity contribution is 0.122. The lowest BCUT2D eigenvalue weighted by Gasteiger charge is -2.29. The molecule has 1 aromatic carbocycles. The van der Waals surface area contributed by atoms with Crippen LogP contribution < -0.4 is 15.5 Å². The van der Waals surface area contributed by atoms with Crippen LogP contribution in [0.4, 0.5) is 16.3 Å². The Balaban J connectivity index is 1.95. The van der Waals surface area contributed by atoms with Gasteiger partial charge in [-0.05, 0) is 45.0 Å². The molecule has 1 aliphatic rings. The van der Waals surface area contributed by atoms with Gasteiger partial charge in [0.05, 0.1) is 13.2 Å². The highest BCUT2D eigenvalue weighted by molar-refractivity contribution is 7.91. The molecule has 0 aliphatic carbocycles. The fraction of sp³-hybridized carbons (Fsp3) is 0.476. The van der Waals surface area contributed by atoms with Crippen LogP contribution in [0.5, 0.6) is 0 Å². The van der Waals surface area contributed by atoms with Crippen molar-refractivity contribution >= 4 is 28.7 Å². The van der Waals surface area contributed by atoms with E-state index in [1.54, 1.807) is 6.26 Å². The van der Waals surface area contributed by atoms with Crippen molar-refractivity contribution in [2.45, 2.75) is 25.5 Å². The smallest absolute Gasteiger partial charge is 0.319 e. The fourth-order valence-corrected chi connectivity index (χ4v) is 3.42. The highest BCUT2D eigenvalue weighted by Gasteiger charge is 2.39. The van der Waals surface area contributed by atoms with Gasteiger partial charge in [-0.1, -0.05) is 0 Å². The Hall–Kier alpha value is -2.36. The van der Waals surface area contributed by atoms with Crippen LogP contribution in [0.3, 0.4) is 0 Å². The number of benzene rings is 1. The van der Waals surface area contributed by atoms with Crippen molar-refractivity contribution < 1.29 is 14.1 Å². The van der Waals surface area contributed by atoms with E-state index in [1.165, 1.54) is 0 Å². The van der Waals surface area contributed by atoms with E-state index in [4.69, 9.17) is 14.7 Å². The first kappa shape index (κ1) is 22.3. The molecule has 0 saturated carbocycles. The maximum absolute atomic E-state index is 11.7. The minimum absolute atomic E-state index is 0.238. The highest BCUT2D eigenvalue weighted by Crippen LogP contribution is 2.32. The molecule has 3 rings (SSSR count). The molecule has 2 heterocycles. The molecular weight excluding hydrogens is 402 g/mol. The minimum atomic E-state index is -0.855. The van der Waals surface area contributed by atoms with Gasteiger partial charge >= 0.3 is 6.03 Å². The third-order valence-corrected chi connectivity index (χ3v) is 6.83. The Morgan fingerprint density at radius 3 is 2.50 bits per heavy atom. The van der Waals surface area contributed by atoms with Crippen molar-refractivity contribution in [3.05, 3.63) is 36.0 Å². The average molecular weight is 433 g/mol. The van der Waals surface area contributed by atoms with Crippen LogP contribution in [0.2, 0.25) is 0 Å². The first-order chi connectivity index (χ1) is 14.3. The van der Waals surface area contributed by atoms with Crippen molar-refractivity contribution in [2.24, 2.45) is 0 Å². The van der Waals surface area contributed by atoms with Gasteiger partial charge in [0, 0.05) is 37.0 Å². The second kappa shape index (κ2) is 9.63. The molecule has 1 aliphatic heterocycles. The number of hydrogen-bond acceptors (Lipinski definition) is 6. The second-order valence-corrected chi connectivity index (χ2v) is 9.56. The molecule has 1 aromatic heterocycles. The predicted molar refractivity (Wildman–Crippen MR) is 122 cm³/mol. The fourth-order valence-electron chi connectivity index (χ4n) is 3.02. The zero-order valence-electron chi connectivity index (χ0n) is 17.9. The molecule has 1 atom stereocenters. The summed E-state index contributed by atoms with van der Waals surface area (Å²) in [5.41, 5.74) is 2.34. The average Bonchev–Trinajstić information content (AvgIpc) is 2.74. The van der Waals surface area contributed by atoms with E-state index < -0.39 is 15.9 Å². The largest absolute Gasteiger partial charge is 0.378 e. The van der Waals surface area contributed by atoms with E-state index in [0.29, 0.717) is 31.3 Å². The number of nitrogens with one attached hydrogen (secondary N) is 2. The van der Waals surface area contributed by atoms with Crippen molar-refractivity contribution in [2.75, 3.05) is 49.3 Å². The zero-order valence-corrected chi connectivity index (χ0v) is 18.8. The number of hydrogen-bond donors (Lipinski definition) is 3. The van der Waals surface area contributed by atoms with Gasteiger partial charge in [0.1, 0.15) is 17.8 Å². The van der Waals surface area contributed by atoms with Crippen LogP contribution in [0.25, 0.3) is 11.4 Å². The van der Waals surface area contributed by atoms with Gasteiger partial charge in [0.25, 0.3) is 0 Å². The van der Waals surface area contributed by atoms with E-state index in [1.807, 2.05) is 51.1 Å². The van der Waals surface area contributed by atoms with E-state index in [9.17, 15) is 9.35 Å². The molecule has 162 valence electrons. The number of anilines is 2. The maximum Gasteiger partial charge on any atom is 0.319 e. The standard InChI is InChI=1S/C21H29N5O3S/c1-5-22-20(27)23-16-8-6-15(7-9-16)19-24-17(21(2,3)30(4)28)14-18(25-19)26-10-12-29-13-11-26/h6-9,14,28H,5,10-13H2,1-4H3,(H-,22,23,24,25,27)/p+1. The Labute approximate surface area is 180 Å². The van der Waals surface area contributed by atoms with E-state index >= 15 is 0 Å². The monoisotopic (exact) mass is 432 g/mol. The summed E-state index contributed by atoms with van der Waals surface area (Å²) >= 11 is -0.855. The number of nitrogens with zero attached hydrogens (tertiary/aromatic N) is 3. The third kappa shape index (κ3) is 5.21. The number of carbonyl (C=O) groups is 1. The molecule has 3 N–H and O–H groups in total. The summed E-state index contributed by atoms with van der Waals surface area (Å²) in [6, 6.07) is 9.17. The Kier molecular flexibility index (Phi) is 7.17. The van der Waals surface area contributed by atoms with Gasteiger partial charge < -0.3 is 20.3 Å². The van der Waals surface area contributed by atoms with Crippen LogP contribution in [0.15, 0.2) is 30.3 Å². The molecule has 0 spiro atoms.